The number of ketones is 1. The van der Waals surface area contributed by atoms with Gasteiger partial charge in [0.15, 0.2) is 10.9 Å². The summed E-state index contributed by atoms with van der Waals surface area (Å²) in [6.07, 6.45) is 2.54. The van der Waals surface area contributed by atoms with Gasteiger partial charge in [-0.2, -0.15) is 0 Å². The summed E-state index contributed by atoms with van der Waals surface area (Å²) in [4.78, 5) is 31.8. The number of aromatic nitrogens is 2. The first-order chi connectivity index (χ1) is 12.5. The van der Waals surface area contributed by atoms with Gasteiger partial charge < -0.3 is 0 Å². The normalized spacial score (nSPS) is 11.0. The molecule has 0 amide bonds. The van der Waals surface area contributed by atoms with Crippen LogP contribution in [0.1, 0.15) is 22.2 Å². The molecule has 0 N–H and O–H groups in total. The van der Waals surface area contributed by atoms with E-state index >= 15 is 0 Å². The minimum absolute atomic E-state index is 0.00349. The van der Waals surface area contributed by atoms with Gasteiger partial charge in [0.05, 0.1) is 11.1 Å². The highest BCUT2D eigenvalue weighted by Gasteiger charge is 2.15. The van der Waals surface area contributed by atoms with E-state index in [0.29, 0.717) is 22.7 Å². The van der Waals surface area contributed by atoms with Crippen LogP contribution >= 0.6 is 39.0 Å². The van der Waals surface area contributed by atoms with Crippen molar-refractivity contribution in [3.63, 3.8) is 0 Å². The van der Waals surface area contributed by atoms with E-state index in [9.17, 15) is 9.59 Å². The zero-order valence-corrected chi connectivity index (χ0v) is 17.4. The zero-order chi connectivity index (χ0) is 18.7. The van der Waals surface area contributed by atoms with Crippen molar-refractivity contribution in [1.29, 1.82) is 0 Å². The smallest absolute Gasteiger partial charge is 0.263 e. The van der Waals surface area contributed by atoms with Crippen molar-refractivity contribution in [3.8, 4) is 0 Å². The van der Waals surface area contributed by atoms with E-state index in [-0.39, 0.29) is 17.1 Å². The highest BCUT2D eigenvalue weighted by molar-refractivity contribution is 9.10. The van der Waals surface area contributed by atoms with Gasteiger partial charge in [-0.3, -0.25) is 14.2 Å². The van der Waals surface area contributed by atoms with Crippen molar-refractivity contribution in [3.05, 3.63) is 68.3 Å². The van der Waals surface area contributed by atoms with Crippen LogP contribution in [0.4, 0.5) is 0 Å². The number of rotatable bonds is 7. The summed E-state index contributed by atoms with van der Waals surface area (Å²) in [5, 5.41) is 1.19. The van der Waals surface area contributed by atoms with Crippen LogP contribution in [0.3, 0.4) is 0 Å². The molecule has 26 heavy (non-hydrogen) atoms. The third kappa shape index (κ3) is 4.00. The van der Waals surface area contributed by atoms with Crippen LogP contribution in [-0.4, -0.2) is 21.1 Å². The SMILES string of the molecule is C=CCn1c(SCC(=O)c2cccc(Br)c2)nc2sc(CC)cc2c1=O. The summed E-state index contributed by atoms with van der Waals surface area (Å²) in [7, 11) is 0. The van der Waals surface area contributed by atoms with Gasteiger partial charge in [-0.25, -0.2) is 4.98 Å². The first-order valence-corrected chi connectivity index (χ1v) is 10.7. The van der Waals surface area contributed by atoms with Gasteiger partial charge in [-0.15, -0.1) is 17.9 Å². The molecular weight excluding hydrogens is 432 g/mol. The minimum Gasteiger partial charge on any atom is -0.293 e. The maximum absolute atomic E-state index is 12.8. The number of aryl methyl sites for hydroxylation is 1. The summed E-state index contributed by atoms with van der Waals surface area (Å²) in [6.45, 7) is 6.15. The largest absolute Gasteiger partial charge is 0.293 e. The van der Waals surface area contributed by atoms with Crippen molar-refractivity contribution in [2.75, 3.05) is 5.75 Å². The van der Waals surface area contributed by atoms with Gasteiger partial charge in [-0.05, 0) is 24.6 Å². The molecule has 0 fully saturated rings. The molecule has 0 aliphatic heterocycles. The number of Topliss-reactive ketones (excluding diaryl/α,β-unsaturated/α-hetero) is 1. The van der Waals surface area contributed by atoms with Crippen molar-refractivity contribution in [2.24, 2.45) is 0 Å². The van der Waals surface area contributed by atoms with Crippen LogP contribution < -0.4 is 5.56 Å². The van der Waals surface area contributed by atoms with Crippen molar-refractivity contribution < 1.29 is 4.79 Å². The maximum Gasteiger partial charge on any atom is 0.263 e. The van der Waals surface area contributed by atoms with Crippen LogP contribution in [0.5, 0.6) is 0 Å². The molecule has 0 saturated heterocycles. The lowest BCUT2D eigenvalue weighted by Crippen LogP contribution is -2.22. The van der Waals surface area contributed by atoms with E-state index in [4.69, 9.17) is 0 Å². The van der Waals surface area contributed by atoms with Crippen LogP contribution in [0, 0.1) is 0 Å². The summed E-state index contributed by atoms with van der Waals surface area (Å²) in [5.74, 6) is 0.216. The molecule has 0 aliphatic carbocycles. The average molecular weight is 449 g/mol. The highest BCUT2D eigenvalue weighted by Crippen LogP contribution is 2.25. The second-order valence-electron chi connectivity index (χ2n) is 5.61. The molecular formula is C19H17BrN2O2S2. The lowest BCUT2D eigenvalue weighted by molar-refractivity contribution is 0.102. The van der Waals surface area contributed by atoms with Crippen LogP contribution in [0.25, 0.3) is 10.2 Å². The Bertz CT molecular complexity index is 1040. The number of thioether (sulfide) groups is 1. The third-order valence-corrected chi connectivity index (χ3v) is 6.45. The Morgan fingerprint density at radius 1 is 1.42 bits per heavy atom. The fraction of sp³-hybridized carbons (Fsp3) is 0.211. The predicted octanol–water partition coefficient (Wildman–Crippen LogP) is 4.94. The Labute approximate surface area is 168 Å². The Morgan fingerprint density at radius 3 is 2.92 bits per heavy atom. The lowest BCUT2D eigenvalue weighted by atomic mass is 10.2. The van der Waals surface area contributed by atoms with Gasteiger partial charge in [0.2, 0.25) is 0 Å². The second-order valence-corrected chi connectivity index (χ2v) is 8.58. The van der Waals surface area contributed by atoms with Gasteiger partial charge in [0.25, 0.3) is 5.56 Å². The molecule has 0 bridgehead atoms. The number of thiophene rings is 1. The lowest BCUT2D eigenvalue weighted by Gasteiger charge is -2.09. The van der Waals surface area contributed by atoms with Crippen LogP contribution in [-0.2, 0) is 13.0 Å². The van der Waals surface area contributed by atoms with Crippen LogP contribution in [0.15, 0.2) is 57.4 Å². The molecule has 0 aliphatic rings. The van der Waals surface area contributed by atoms with E-state index in [0.717, 1.165) is 20.6 Å². The molecule has 3 rings (SSSR count). The summed E-state index contributed by atoms with van der Waals surface area (Å²) < 4.78 is 2.45. The Kier molecular flexibility index (Phi) is 6.11. The Hall–Kier alpha value is -1.70. The topological polar surface area (TPSA) is 52.0 Å². The number of fused-ring (bicyclic) bond motifs is 1. The van der Waals surface area contributed by atoms with Gasteiger partial charge in [-0.1, -0.05) is 52.8 Å². The minimum atomic E-state index is -0.0803. The van der Waals surface area contributed by atoms with Crippen molar-refractivity contribution in [1.82, 2.24) is 9.55 Å². The molecule has 0 atom stereocenters. The van der Waals surface area contributed by atoms with E-state index in [2.05, 4.69) is 34.4 Å². The van der Waals surface area contributed by atoms with E-state index in [1.807, 2.05) is 18.2 Å². The number of hydrogen-bond donors (Lipinski definition) is 0. The number of allylic oxidation sites excluding steroid dienone is 1. The number of carbonyl (C=O) groups is 1. The summed E-state index contributed by atoms with van der Waals surface area (Å²) in [6, 6.07) is 9.20. The van der Waals surface area contributed by atoms with E-state index < -0.39 is 0 Å². The van der Waals surface area contributed by atoms with E-state index in [1.54, 1.807) is 22.8 Å². The molecule has 0 spiro atoms. The second kappa shape index (κ2) is 8.33. The highest BCUT2D eigenvalue weighted by atomic mass is 79.9. The van der Waals surface area contributed by atoms with Gasteiger partial charge in [0.1, 0.15) is 4.83 Å². The predicted molar refractivity (Wildman–Crippen MR) is 113 cm³/mol. The third-order valence-electron chi connectivity index (χ3n) is 3.81. The molecule has 0 unspecified atom stereocenters. The molecule has 2 aromatic heterocycles. The van der Waals surface area contributed by atoms with Crippen molar-refractivity contribution in [2.45, 2.75) is 25.0 Å². The van der Waals surface area contributed by atoms with Crippen LogP contribution in [0.2, 0.25) is 0 Å². The van der Waals surface area contributed by atoms with Crippen molar-refractivity contribution >= 4 is 55.0 Å². The van der Waals surface area contributed by atoms with Gasteiger partial charge in [0, 0.05) is 21.5 Å². The summed E-state index contributed by atoms with van der Waals surface area (Å²) in [5.41, 5.74) is 0.554. The average Bonchev–Trinajstić information content (AvgIpc) is 3.06. The standard InChI is InChI=1S/C19H17BrN2O2S2/c1-3-8-22-18(24)15-10-14(4-2)26-17(15)21-19(22)25-11-16(23)12-6-5-7-13(20)9-12/h3,5-7,9-10H,1,4,8,11H2,2H3. The number of nitrogens with zero attached hydrogens (tertiary/aromatic N) is 2. The fourth-order valence-electron chi connectivity index (χ4n) is 2.50. The molecule has 2 heterocycles. The first-order valence-electron chi connectivity index (χ1n) is 8.09. The Balaban J connectivity index is 1.93. The molecule has 0 radical (unpaired) electrons. The first kappa shape index (κ1) is 19.1. The fourth-order valence-corrected chi connectivity index (χ4v) is 4.81. The quantitative estimate of drug-likeness (QED) is 0.222. The summed E-state index contributed by atoms with van der Waals surface area (Å²) >= 11 is 6.20. The number of carbonyl (C=O) groups excluding carboxylic acids is 1. The van der Waals surface area contributed by atoms with E-state index in [1.165, 1.54) is 23.1 Å². The maximum atomic E-state index is 12.8. The number of benzene rings is 1. The molecule has 1 aromatic carbocycles. The molecule has 3 aromatic rings. The number of halogens is 1. The molecule has 134 valence electrons. The molecule has 0 saturated carbocycles. The molecule has 7 heteroatoms. The molecule has 4 nitrogen and oxygen atoms in total. The van der Waals surface area contributed by atoms with Gasteiger partial charge >= 0.3 is 0 Å². The monoisotopic (exact) mass is 448 g/mol. The Morgan fingerprint density at radius 2 is 2.23 bits per heavy atom. The zero-order valence-electron chi connectivity index (χ0n) is 14.2. The number of hydrogen-bond acceptors (Lipinski definition) is 5.